The molecule has 0 aromatic rings. The van der Waals surface area contributed by atoms with Crippen molar-refractivity contribution in [3.8, 4) is 0 Å². The van der Waals surface area contributed by atoms with Crippen LogP contribution in [0.25, 0.3) is 0 Å². The largest absolute Gasteiger partial charge is 0.479 e. The normalized spacial score (nSPS) is 21.1. The average Bonchev–Trinajstić information content (AvgIpc) is 2.51. The van der Waals surface area contributed by atoms with Gasteiger partial charge in [-0.15, -0.1) is 0 Å². The minimum Gasteiger partial charge on any atom is -0.479 e. The molecule has 3 nitrogen and oxygen atoms in total. The van der Waals surface area contributed by atoms with Crippen LogP contribution in [0, 0.1) is 5.92 Å². The number of ether oxygens (including phenoxy) is 1. The molecular formula is C9H16O3. The molecule has 1 aliphatic rings. The van der Waals surface area contributed by atoms with Crippen molar-refractivity contribution in [2.24, 2.45) is 5.92 Å². The Labute approximate surface area is 72.7 Å². The van der Waals surface area contributed by atoms with E-state index in [9.17, 15) is 4.79 Å². The summed E-state index contributed by atoms with van der Waals surface area (Å²) in [6.45, 7) is 0. The number of carboxylic acid groups (broad SMARTS) is 1. The van der Waals surface area contributed by atoms with E-state index < -0.39 is 12.1 Å². The number of aliphatic carboxylic acids is 1. The van der Waals surface area contributed by atoms with Crippen LogP contribution in [0.1, 0.15) is 32.1 Å². The van der Waals surface area contributed by atoms with Gasteiger partial charge in [-0.3, -0.25) is 0 Å². The molecule has 1 atom stereocenters. The Hall–Kier alpha value is -0.570. The number of carboxylic acids is 1. The molecule has 1 unspecified atom stereocenters. The minimum absolute atomic E-state index is 0.575. The van der Waals surface area contributed by atoms with E-state index in [1.54, 1.807) is 0 Å². The zero-order valence-corrected chi connectivity index (χ0v) is 7.45. The Balaban J connectivity index is 2.30. The first-order chi connectivity index (χ1) is 5.74. The predicted molar refractivity (Wildman–Crippen MR) is 45.0 cm³/mol. The average molecular weight is 172 g/mol. The number of hydrogen-bond donors (Lipinski definition) is 1. The summed E-state index contributed by atoms with van der Waals surface area (Å²) in [6.07, 6.45) is 4.95. The number of methoxy groups -OCH3 is 1. The first-order valence-electron chi connectivity index (χ1n) is 4.49. The van der Waals surface area contributed by atoms with E-state index in [4.69, 9.17) is 9.84 Å². The molecule has 0 radical (unpaired) electrons. The maximum absolute atomic E-state index is 10.6. The van der Waals surface area contributed by atoms with Crippen molar-refractivity contribution in [2.45, 2.75) is 38.2 Å². The fourth-order valence-corrected chi connectivity index (χ4v) is 1.85. The molecule has 0 aliphatic heterocycles. The van der Waals surface area contributed by atoms with Gasteiger partial charge in [0.05, 0.1) is 0 Å². The molecule has 70 valence electrons. The minimum atomic E-state index is -0.829. The van der Waals surface area contributed by atoms with Crippen molar-refractivity contribution in [1.82, 2.24) is 0 Å². The van der Waals surface area contributed by atoms with E-state index >= 15 is 0 Å². The quantitative estimate of drug-likeness (QED) is 0.701. The summed E-state index contributed by atoms with van der Waals surface area (Å²) in [6, 6.07) is 0. The van der Waals surface area contributed by atoms with Crippen molar-refractivity contribution < 1.29 is 14.6 Å². The third-order valence-corrected chi connectivity index (χ3v) is 2.58. The highest BCUT2D eigenvalue weighted by Crippen LogP contribution is 2.29. The van der Waals surface area contributed by atoms with Crippen LogP contribution in [0.4, 0.5) is 0 Å². The first kappa shape index (κ1) is 9.52. The van der Waals surface area contributed by atoms with Gasteiger partial charge in [0.2, 0.25) is 0 Å². The zero-order valence-electron chi connectivity index (χ0n) is 7.45. The fraction of sp³-hybridized carbons (Fsp3) is 0.889. The maximum atomic E-state index is 10.6. The summed E-state index contributed by atoms with van der Waals surface area (Å²) in [5.74, 6) is -0.254. The van der Waals surface area contributed by atoms with Gasteiger partial charge in [-0.25, -0.2) is 4.79 Å². The van der Waals surface area contributed by atoms with Gasteiger partial charge >= 0.3 is 5.97 Å². The van der Waals surface area contributed by atoms with Gasteiger partial charge in [0, 0.05) is 7.11 Å². The Kier molecular flexibility index (Phi) is 3.53. The lowest BCUT2D eigenvalue weighted by molar-refractivity contribution is -0.149. The van der Waals surface area contributed by atoms with Gasteiger partial charge in [-0.05, 0) is 12.3 Å². The first-order valence-corrected chi connectivity index (χ1v) is 4.49. The van der Waals surface area contributed by atoms with E-state index in [2.05, 4.69) is 0 Å². The van der Waals surface area contributed by atoms with E-state index in [1.807, 2.05) is 0 Å². The number of carbonyl (C=O) groups is 1. The summed E-state index contributed by atoms with van der Waals surface area (Å²) in [4.78, 5) is 10.6. The van der Waals surface area contributed by atoms with Gasteiger partial charge in [0.25, 0.3) is 0 Å². The molecule has 0 saturated heterocycles. The number of hydrogen-bond acceptors (Lipinski definition) is 2. The summed E-state index contributed by atoms with van der Waals surface area (Å²) in [5, 5.41) is 8.71. The molecule has 3 heteroatoms. The summed E-state index contributed by atoms with van der Waals surface area (Å²) < 4.78 is 4.87. The molecule has 0 heterocycles. The molecular weight excluding hydrogens is 156 g/mol. The highest BCUT2D eigenvalue weighted by molar-refractivity contribution is 5.72. The molecule has 1 N–H and O–H groups in total. The molecule has 12 heavy (non-hydrogen) atoms. The van der Waals surface area contributed by atoms with E-state index in [-0.39, 0.29) is 0 Å². The van der Waals surface area contributed by atoms with E-state index in [0.29, 0.717) is 12.3 Å². The van der Waals surface area contributed by atoms with Gasteiger partial charge < -0.3 is 9.84 Å². The lowest BCUT2D eigenvalue weighted by atomic mass is 10.0. The van der Waals surface area contributed by atoms with Crippen LogP contribution in [0.5, 0.6) is 0 Å². The fourth-order valence-electron chi connectivity index (χ4n) is 1.85. The number of rotatable bonds is 4. The van der Waals surface area contributed by atoms with Crippen LogP contribution in [0.3, 0.4) is 0 Å². The summed E-state index contributed by atoms with van der Waals surface area (Å²) in [5.41, 5.74) is 0. The lowest BCUT2D eigenvalue weighted by Gasteiger charge is -2.14. The lowest BCUT2D eigenvalue weighted by Crippen LogP contribution is -2.24. The molecule has 0 aromatic carbocycles. The second-order valence-corrected chi connectivity index (χ2v) is 3.45. The Morgan fingerprint density at radius 2 is 2.17 bits per heavy atom. The third-order valence-electron chi connectivity index (χ3n) is 2.58. The van der Waals surface area contributed by atoms with E-state index in [0.717, 1.165) is 0 Å². The van der Waals surface area contributed by atoms with Gasteiger partial charge in [0.15, 0.2) is 6.10 Å². The molecule has 0 amide bonds. The van der Waals surface area contributed by atoms with Crippen molar-refractivity contribution in [3.05, 3.63) is 0 Å². The topological polar surface area (TPSA) is 46.5 Å². The third kappa shape index (κ3) is 2.48. The van der Waals surface area contributed by atoms with Crippen LogP contribution >= 0.6 is 0 Å². The molecule has 0 spiro atoms. The maximum Gasteiger partial charge on any atom is 0.332 e. The van der Waals surface area contributed by atoms with E-state index in [1.165, 1.54) is 32.8 Å². The van der Waals surface area contributed by atoms with Gasteiger partial charge in [0.1, 0.15) is 0 Å². The molecule has 1 aliphatic carbocycles. The highest BCUT2D eigenvalue weighted by atomic mass is 16.5. The molecule has 0 bridgehead atoms. The molecule has 1 saturated carbocycles. The van der Waals surface area contributed by atoms with Gasteiger partial charge in [-0.2, -0.15) is 0 Å². The summed E-state index contributed by atoms with van der Waals surface area (Å²) >= 11 is 0. The van der Waals surface area contributed by atoms with Gasteiger partial charge in [-0.1, -0.05) is 25.7 Å². The Morgan fingerprint density at radius 3 is 2.58 bits per heavy atom. The second-order valence-electron chi connectivity index (χ2n) is 3.45. The Morgan fingerprint density at radius 1 is 1.58 bits per heavy atom. The zero-order chi connectivity index (χ0) is 8.97. The SMILES string of the molecule is COC(CC1CCCC1)C(=O)O. The van der Waals surface area contributed by atoms with Crippen LogP contribution in [0.2, 0.25) is 0 Å². The van der Waals surface area contributed by atoms with Crippen LogP contribution in [0.15, 0.2) is 0 Å². The molecule has 0 aromatic heterocycles. The highest BCUT2D eigenvalue weighted by Gasteiger charge is 2.24. The smallest absolute Gasteiger partial charge is 0.332 e. The second kappa shape index (κ2) is 4.45. The van der Waals surface area contributed by atoms with Crippen molar-refractivity contribution >= 4 is 5.97 Å². The van der Waals surface area contributed by atoms with Crippen LogP contribution in [-0.2, 0) is 9.53 Å². The standard InChI is InChI=1S/C9H16O3/c1-12-8(9(10)11)6-7-4-2-3-5-7/h7-8H,2-6H2,1H3,(H,10,11). The van der Waals surface area contributed by atoms with Crippen molar-refractivity contribution in [3.63, 3.8) is 0 Å². The predicted octanol–water partition coefficient (Wildman–Crippen LogP) is 1.67. The molecule has 1 fully saturated rings. The van der Waals surface area contributed by atoms with Crippen molar-refractivity contribution in [2.75, 3.05) is 7.11 Å². The molecule has 1 rings (SSSR count). The Bertz CT molecular complexity index is 150. The van der Waals surface area contributed by atoms with Crippen LogP contribution < -0.4 is 0 Å². The van der Waals surface area contributed by atoms with Crippen molar-refractivity contribution in [1.29, 1.82) is 0 Å². The monoisotopic (exact) mass is 172 g/mol. The van der Waals surface area contributed by atoms with Crippen LogP contribution in [-0.4, -0.2) is 24.3 Å². The summed E-state index contributed by atoms with van der Waals surface area (Å²) in [7, 11) is 1.47.